The molecule has 0 aliphatic heterocycles. The summed E-state index contributed by atoms with van der Waals surface area (Å²) in [4.78, 5) is 11.4. The molecule has 40 heavy (non-hydrogen) atoms. The van der Waals surface area contributed by atoms with Gasteiger partial charge in [0.05, 0.1) is 7.14 Å². The third kappa shape index (κ3) is 122000. The Morgan fingerprint density at radius 3 is 0.825 bits per heavy atom. The Balaban J connectivity index is -0.0000000387. The van der Waals surface area contributed by atoms with E-state index in [4.69, 9.17) is 0 Å². The zero-order valence-corrected chi connectivity index (χ0v) is 36.7. The summed E-state index contributed by atoms with van der Waals surface area (Å²) in [5.41, 5.74) is 0.500. The van der Waals surface area contributed by atoms with Crippen LogP contribution in [0.2, 0.25) is 46.7 Å². The Bertz CT molecular complexity index is 588. The van der Waals surface area contributed by atoms with Gasteiger partial charge in [0.25, 0.3) is 0 Å². The van der Waals surface area contributed by atoms with Gasteiger partial charge in [-0.2, -0.15) is 0 Å². The predicted molar refractivity (Wildman–Crippen MR) is 204 cm³/mol. The summed E-state index contributed by atoms with van der Waals surface area (Å²) in [6.07, 6.45) is 5.60. The average Bonchev–Trinajstić information content (AvgIpc) is 2.34. The monoisotopic (exact) mass is 673 g/mol. The first-order valence-corrected chi connectivity index (χ1v) is 27.3. The second-order valence-electron chi connectivity index (χ2n) is 15.1. The van der Waals surface area contributed by atoms with Crippen LogP contribution in [0.3, 0.4) is 0 Å². The van der Waals surface area contributed by atoms with Gasteiger partial charge >= 0.3 is 0 Å². The SMILES string of the molecule is CB(C)C.CC(C)(C)C.CC(C)=O.CN(C)C.CP(C)(C)=O.CP(C)C.CS(C)(=O)=O.CS(C)=O.C[Si](C)(C)C. The zero-order valence-electron chi connectivity index (χ0n) is 32.3. The molecule has 0 spiro atoms. The summed E-state index contributed by atoms with van der Waals surface area (Å²) < 4.78 is 39.0. The molecule has 0 unspecified atom stereocenters. The molecule has 0 aliphatic rings. The molecule has 0 radical (unpaired) electrons. The van der Waals surface area contributed by atoms with Crippen LogP contribution in [0, 0.1) is 5.41 Å². The number of carbonyl (C=O) groups is 1. The second kappa shape index (κ2) is 37.7. The van der Waals surface area contributed by atoms with Gasteiger partial charge in [-0.05, 0) is 80.4 Å². The number of carbonyl (C=O) groups excluding carboxylic acids is 1. The van der Waals surface area contributed by atoms with Crippen LogP contribution in [0.15, 0.2) is 0 Å². The summed E-state index contributed by atoms with van der Waals surface area (Å²) in [6, 6.07) is 0. The van der Waals surface area contributed by atoms with Crippen LogP contribution in [-0.4, -0.2) is 124 Å². The van der Waals surface area contributed by atoms with Crippen LogP contribution in [0.5, 0.6) is 0 Å². The number of hydrogen-bond acceptors (Lipinski definition) is 6. The summed E-state index contributed by atoms with van der Waals surface area (Å²) >= 11 is 0. The van der Waals surface area contributed by atoms with Crippen molar-refractivity contribution in [2.24, 2.45) is 5.41 Å². The maximum absolute atomic E-state index is 10.2. The molecule has 0 heterocycles. The van der Waals surface area contributed by atoms with E-state index in [9.17, 15) is 22.0 Å². The fourth-order valence-electron chi connectivity index (χ4n) is 0. The van der Waals surface area contributed by atoms with Gasteiger partial charge in [0.15, 0.2) is 0 Å². The van der Waals surface area contributed by atoms with E-state index < -0.39 is 35.9 Å². The second-order valence-corrected chi connectivity index (χ2v) is 31.3. The Kier molecular flexibility index (Phi) is 60.1. The highest BCUT2D eigenvalue weighted by molar-refractivity contribution is 7.89. The van der Waals surface area contributed by atoms with Crippen molar-refractivity contribution in [2.45, 2.75) is 88.2 Å². The molecule has 0 bridgehead atoms. The van der Waals surface area contributed by atoms with Crippen LogP contribution in [-0.2, 0) is 30.0 Å². The lowest BCUT2D eigenvalue weighted by Crippen LogP contribution is -2.10. The van der Waals surface area contributed by atoms with Crippen molar-refractivity contribution in [3.8, 4) is 0 Å². The van der Waals surface area contributed by atoms with Crippen molar-refractivity contribution in [2.75, 3.05) is 86.2 Å². The third-order valence-corrected chi connectivity index (χ3v) is 0. The van der Waals surface area contributed by atoms with Crippen molar-refractivity contribution >= 4 is 56.3 Å². The van der Waals surface area contributed by atoms with Crippen LogP contribution in [0.1, 0.15) is 41.5 Å². The molecular formula is C28H78BNO5P2S2Si. The third-order valence-electron chi connectivity index (χ3n) is 0. The molecule has 6 nitrogen and oxygen atoms in total. The van der Waals surface area contributed by atoms with Crippen LogP contribution in [0.25, 0.3) is 0 Å². The number of hydrogen-bond donors (Lipinski definition) is 0. The quantitative estimate of drug-likeness (QED) is 0.190. The minimum absolute atomic E-state index is 0.167. The van der Waals surface area contributed by atoms with Gasteiger partial charge in [-0.3, -0.25) is 4.21 Å². The molecular weight excluding hydrogens is 595 g/mol. The van der Waals surface area contributed by atoms with E-state index in [0.717, 1.165) is 19.2 Å². The predicted octanol–water partition coefficient (Wildman–Crippen LogP) is 8.40. The fraction of sp³-hybridized carbons (Fsp3) is 0.964. The molecule has 254 valence electrons. The number of nitrogens with zero attached hydrogens (tertiary/aromatic N) is 1. The van der Waals surface area contributed by atoms with Crippen molar-refractivity contribution in [1.29, 1.82) is 0 Å². The summed E-state index contributed by atoms with van der Waals surface area (Å²) in [6.45, 7) is 40.4. The molecule has 0 saturated heterocycles. The van der Waals surface area contributed by atoms with Gasteiger partial charge in [0.1, 0.15) is 22.3 Å². The van der Waals surface area contributed by atoms with Crippen LogP contribution in [0.4, 0.5) is 0 Å². The first-order chi connectivity index (χ1) is 16.7. The van der Waals surface area contributed by atoms with E-state index in [2.05, 4.69) is 94.3 Å². The van der Waals surface area contributed by atoms with Crippen LogP contribution < -0.4 is 0 Å². The Labute approximate surface area is 262 Å². The highest BCUT2D eigenvalue weighted by Crippen LogP contribution is 2.28. The molecule has 0 fully saturated rings. The van der Waals surface area contributed by atoms with Gasteiger partial charge in [-0.1, -0.05) is 74.4 Å². The van der Waals surface area contributed by atoms with Crippen molar-refractivity contribution in [1.82, 2.24) is 4.90 Å². The number of sulfone groups is 1. The van der Waals surface area contributed by atoms with Crippen molar-refractivity contribution < 1.29 is 22.0 Å². The first kappa shape index (κ1) is 63.8. The molecule has 12 heteroatoms. The van der Waals surface area contributed by atoms with Crippen molar-refractivity contribution in [3.63, 3.8) is 0 Å². The number of rotatable bonds is 0. The average molecular weight is 674 g/mol. The summed E-state index contributed by atoms with van der Waals surface area (Å²) in [5, 5.41) is 0. The lowest BCUT2D eigenvalue weighted by Gasteiger charge is -2.05. The Morgan fingerprint density at radius 2 is 0.825 bits per heavy atom. The maximum atomic E-state index is 10.2. The molecule has 0 N–H and O–H groups in total. The lowest BCUT2D eigenvalue weighted by atomic mass is 9.58. The van der Waals surface area contributed by atoms with Gasteiger partial charge in [-0.25, -0.2) is 8.42 Å². The lowest BCUT2D eigenvalue weighted by molar-refractivity contribution is -0.115. The summed E-state index contributed by atoms with van der Waals surface area (Å²) in [7, 11) is 0.852. The van der Waals surface area contributed by atoms with Gasteiger partial charge in [0.2, 0.25) is 0 Å². The highest BCUT2D eigenvalue weighted by atomic mass is 32.2. The molecule has 0 aromatic heterocycles. The first-order valence-electron chi connectivity index (χ1n) is 13.3. The molecule has 0 aromatic carbocycles. The Hall–Kier alpha value is 0.672. The molecule has 0 amide bonds. The van der Waals surface area contributed by atoms with Crippen LogP contribution >= 0.6 is 15.1 Å². The standard InChI is InChI=1S/C5H12.C4H12Si.C3H9B.C3H9N.C3H9OP.C3H6O.C3H9P.C2H6O2S.C2H6OS/c2*1-5(2,3)4;2*1-4(2)3;1-5(2,3)4;1-3(2)4;1-4(2)3;1-5(2,3)4;1-4(2)3/h2*1-4H3;2*1-3H3;1-3H3;1-2H3;1-3H3;1-2H3;1-2H3. The van der Waals surface area contributed by atoms with E-state index in [0.29, 0.717) is 13.3 Å². The molecule has 0 atom stereocenters. The Morgan fingerprint density at radius 1 is 0.825 bits per heavy atom. The highest BCUT2D eigenvalue weighted by Gasteiger charge is 1.99. The minimum atomic E-state index is -2.67. The number of ketones is 1. The largest absolute Gasteiger partial charge is 0.324 e. The van der Waals surface area contributed by atoms with E-state index in [-0.39, 0.29) is 5.78 Å². The van der Waals surface area contributed by atoms with E-state index in [1.807, 2.05) is 26.0 Å². The van der Waals surface area contributed by atoms with Crippen molar-refractivity contribution in [3.05, 3.63) is 0 Å². The van der Waals surface area contributed by atoms with Gasteiger partial charge in [0, 0.05) is 43.9 Å². The smallest absolute Gasteiger partial charge is 0.144 e. The molecule has 0 aliphatic carbocycles. The van der Waals surface area contributed by atoms with Gasteiger partial charge in [-0.15, -0.1) is 7.92 Å². The van der Waals surface area contributed by atoms with E-state index in [1.165, 1.54) is 13.8 Å². The van der Waals surface area contributed by atoms with E-state index in [1.54, 1.807) is 32.5 Å². The molecule has 0 saturated carbocycles. The van der Waals surface area contributed by atoms with Gasteiger partial charge < -0.3 is 14.3 Å². The normalized spacial score (nSPS) is 9.93. The van der Waals surface area contributed by atoms with E-state index >= 15 is 0 Å². The fourth-order valence-corrected chi connectivity index (χ4v) is 0. The zero-order chi connectivity index (χ0) is 35.9. The molecule has 0 rings (SSSR count). The summed E-state index contributed by atoms with van der Waals surface area (Å²) in [5.74, 6) is 0.167. The number of Topliss-reactive ketones (excluding diaryl/α,β-unsaturated/α-hetero) is 1. The maximum Gasteiger partial charge on any atom is 0.144 e. The minimum Gasteiger partial charge on any atom is -0.324 e. The molecule has 0 aromatic rings. The topological polar surface area (TPSA) is 88.6 Å².